The minimum atomic E-state index is -0.101. The quantitative estimate of drug-likeness (QED) is 0.590. The molecular formula is C14H10ClNOS2. The fraction of sp³-hybridized carbons (Fsp3) is 0.0714. The predicted molar refractivity (Wildman–Crippen MR) is 84.3 cm³/mol. The van der Waals surface area contributed by atoms with E-state index in [2.05, 4.69) is 17.9 Å². The third kappa shape index (κ3) is 2.31. The van der Waals surface area contributed by atoms with Gasteiger partial charge in [-0.1, -0.05) is 11.6 Å². The van der Waals surface area contributed by atoms with Crippen LogP contribution in [0.4, 0.5) is 5.69 Å². The minimum Gasteiger partial charge on any atom is -0.321 e. The molecule has 5 heteroatoms. The first kappa shape index (κ1) is 12.8. The lowest BCUT2D eigenvalue weighted by Crippen LogP contribution is -2.03. The van der Waals surface area contributed by atoms with Crippen molar-refractivity contribution in [2.24, 2.45) is 0 Å². The molecule has 0 atom stereocenters. The molecule has 19 heavy (non-hydrogen) atoms. The van der Waals surface area contributed by atoms with Crippen LogP contribution in [0.1, 0.15) is 15.3 Å². The van der Waals surface area contributed by atoms with Crippen LogP contribution in [-0.4, -0.2) is 5.91 Å². The zero-order chi connectivity index (χ0) is 13.6. The summed E-state index contributed by atoms with van der Waals surface area (Å²) in [4.78, 5) is 15.1. The molecule has 3 rings (SSSR count). The van der Waals surface area contributed by atoms with Crippen LogP contribution in [0.15, 0.2) is 29.2 Å². The van der Waals surface area contributed by atoms with Crippen molar-refractivity contribution in [2.75, 3.05) is 5.32 Å². The van der Waals surface area contributed by atoms with Gasteiger partial charge in [0.1, 0.15) is 0 Å². The first-order valence-corrected chi connectivity index (χ1v) is 7.31. The molecule has 2 heterocycles. The lowest BCUT2D eigenvalue weighted by atomic mass is 10.1. The molecular weight excluding hydrogens is 298 g/mol. The molecule has 1 aliphatic rings. The number of rotatable bonds is 1. The van der Waals surface area contributed by atoms with Gasteiger partial charge in [0.25, 0.3) is 5.91 Å². The molecule has 2 aromatic rings. The Hall–Kier alpha value is -1.23. The molecule has 0 radical (unpaired) electrons. The van der Waals surface area contributed by atoms with Gasteiger partial charge >= 0.3 is 0 Å². The summed E-state index contributed by atoms with van der Waals surface area (Å²) < 4.78 is 0. The average Bonchev–Trinajstić information content (AvgIpc) is 2.81. The summed E-state index contributed by atoms with van der Waals surface area (Å²) in [6.07, 6.45) is 1.87. The van der Waals surface area contributed by atoms with Gasteiger partial charge in [0.15, 0.2) is 0 Å². The SMILES string of the molecule is Cc1cc(S)c(/C=C2\C(=O)Nc3ccc(Cl)cc32)s1. The second-order valence-electron chi connectivity index (χ2n) is 4.31. The highest BCUT2D eigenvalue weighted by atomic mass is 35.5. The number of halogens is 1. The summed E-state index contributed by atoms with van der Waals surface area (Å²) in [6, 6.07) is 7.38. The summed E-state index contributed by atoms with van der Waals surface area (Å²) in [7, 11) is 0. The number of thiophene rings is 1. The summed E-state index contributed by atoms with van der Waals surface area (Å²) in [5, 5.41) is 3.46. The van der Waals surface area contributed by atoms with Crippen molar-refractivity contribution in [3.8, 4) is 0 Å². The zero-order valence-electron chi connectivity index (χ0n) is 10.0. The first-order valence-electron chi connectivity index (χ1n) is 5.67. The highest BCUT2D eigenvalue weighted by Gasteiger charge is 2.24. The number of fused-ring (bicyclic) bond motifs is 1. The van der Waals surface area contributed by atoms with E-state index in [4.69, 9.17) is 11.6 Å². The number of carbonyl (C=O) groups excluding carboxylic acids is 1. The van der Waals surface area contributed by atoms with Crippen molar-refractivity contribution >= 4 is 58.8 Å². The fourth-order valence-electron chi connectivity index (χ4n) is 2.06. The van der Waals surface area contributed by atoms with Gasteiger partial charge in [-0.05, 0) is 37.3 Å². The molecule has 0 aliphatic carbocycles. The van der Waals surface area contributed by atoms with Crippen LogP contribution in [0.25, 0.3) is 11.6 Å². The van der Waals surface area contributed by atoms with Crippen LogP contribution in [-0.2, 0) is 4.79 Å². The van der Waals surface area contributed by atoms with Crippen LogP contribution in [0.3, 0.4) is 0 Å². The monoisotopic (exact) mass is 307 g/mol. The molecule has 96 valence electrons. The maximum absolute atomic E-state index is 12.0. The highest BCUT2D eigenvalue weighted by molar-refractivity contribution is 7.80. The van der Waals surface area contributed by atoms with Crippen LogP contribution >= 0.6 is 35.6 Å². The molecule has 0 fully saturated rings. The number of nitrogens with one attached hydrogen (secondary N) is 1. The molecule has 2 nitrogen and oxygen atoms in total. The Bertz CT molecular complexity index is 718. The molecule has 1 aliphatic heterocycles. The Morgan fingerprint density at radius 3 is 2.84 bits per heavy atom. The van der Waals surface area contributed by atoms with Crippen molar-refractivity contribution in [1.82, 2.24) is 0 Å². The number of thiol groups is 1. The Morgan fingerprint density at radius 2 is 2.16 bits per heavy atom. The number of hydrogen-bond acceptors (Lipinski definition) is 3. The van der Waals surface area contributed by atoms with Crippen molar-refractivity contribution in [2.45, 2.75) is 11.8 Å². The van der Waals surface area contributed by atoms with E-state index in [1.165, 1.54) is 4.88 Å². The minimum absolute atomic E-state index is 0.101. The van der Waals surface area contributed by atoms with E-state index >= 15 is 0 Å². The van der Waals surface area contributed by atoms with Crippen LogP contribution in [0.2, 0.25) is 5.02 Å². The van der Waals surface area contributed by atoms with Gasteiger partial charge in [-0.3, -0.25) is 4.79 Å². The Balaban J connectivity index is 2.14. The third-order valence-corrected chi connectivity index (χ3v) is 4.66. The number of anilines is 1. The Kier molecular flexibility index (Phi) is 3.17. The van der Waals surface area contributed by atoms with Crippen LogP contribution < -0.4 is 5.32 Å². The lowest BCUT2D eigenvalue weighted by molar-refractivity contribution is -0.110. The van der Waals surface area contributed by atoms with Crippen molar-refractivity contribution in [3.63, 3.8) is 0 Å². The van der Waals surface area contributed by atoms with E-state index in [0.717, 1.165) is 21.0 Å². The van der Waals surface area contributed by atoms with Gasteiger partial charge in [0.2, 0.25) is 0 Å². The van der Waals surface area contributed by atoms with Gasteiger partial charge in [-0.25, -0.2) is 0 Å². The van der Waals surface area contributed by atoms with Crippen molar-refractivity contribution < 1.29 is 4.79 Å². The maximum atomic E-state index is 12.0. The predicted octanol–water partition coefficient (Wildman–Crippen LogP) is 4.49. The molecule has 1 aromatic carbocycles. The molecule has 0 saturated carbocycles. The van der Waals surface area contributed by atoms with Gasteiger partial charge in [-0.15, -0.1) is 24.0 Å². The Morgan fingerprint density at radius 1 is 1.37 bits per heavy atom. The van der Waals surface area contributed by atoms with E-state index in [0.29, 0.717) is 10.6 Å². The summed E-state index contributed by atoms with van der Waals surface area (Å²) in [5.41, 5.74) is 2.28. The van der Waals surface area contributed by atoms with Crippen LogP contribution in [0, 0.1) is 6.92 Å². The van der Waals surface area contributed by atoms with Crippen molar-refractivity contribution in [3.05, 3.63) is 44.6 Å². The van der Waals surface area contributed by atoms with Crippen molar-refractivity contribution in [1.29, 1.82) is 0 Å². The van der Waals surface area contributed by atoms with E-state index in [-0.39, 0.29) is 5.91 Å². The molecule has 0 bridgehead atoms. The molecule has 1 aromatic heterocycles. The highest BCUT2D eigenvalue weighted by Crippen LogP contribution is 2.37. The van der Waals surface area contributed by atoms with Gasteiger partial charge in [0, 0.05) is 30.9 Å². The summed E-state index contributed by atoms with van der Waals surface area (Å²) in [5.74, 6) is -0.101. The summed E-state index contributed by atoms with van der Waals surface area (Å²) in [6.45, 7) is 2.02. The van der Waals surface area contributed by atoms with Gasteiger partial charge in [0.05, 0.1) is 5.57 Å². The number of amides is 1. The number of carbonyl (C=O) groups is 1. The zero-order valence-corrected chi connectivity index (χ0v) is 12.5. The second-order valence-corrected chi connectivity index (χ2v) is 6.51. The van der Waals surface area contributed by atoms with E-state index in [1.54, 1.807) is 23.5 Å². The smallest absolute Gasteiger partial charge is 0.256 e. The molecule has 1 N–H and O–H groups in total. The molecule has 0 spiro atoms. The maximum Gasteiger partial charge on any atom is 0.256 e. The second kappa shape index (κ2) is 4.71. The lowest BCUT2D eigenvalue weighted by Gasteiger charge is -1.98. The standard InChI is InChI=1S/C14H10ClNOS2/c1-7-4-12(18)13(19-7)6-10-9-5-8(15)2-3-11(9)16-14(10)17/h2-6,18H,1H3,(H,16,17)/b10-6-. The van der Waals surface area contributed by atoms with Gasteiger partial charge in [-0.2, -0.15) is 0 Å². The first-order chi connectivity index (χ1) is 9.04. The van der Waals surface area contributed by atoms with E-state index < -0.39 is 0 Å². The average molecular weight is 308 g/mol. The molecule has 0 saturated heterocycles. The number of hydrogen-bond donors (Lipinski definition) is 2. The largest absolute Gasteiger partial charge is 0.321 e. The van der Waals surface area contributed by atoms with E-state index in [1.807, 2.05) is 25.1 Å². The number of benzene rings is 1. The Labute approximate surface area is 125 Å². The van der Waals surface area contributed by atoms with Gasteiger partial charge < -0.3 is 5.32 Å². The van der Waals surface area contributed by atoms with Crippen LogP contribution in [0.5, 0.6) is 0 Å². The third-order valence-electron chi connectivity index (χ3n) is 2.90. The molecule has 0 unspecified atom stereocenters. The topological polar surface area (TPSA) is 29.1 Å². The molecule has 1 amide bonds. The fourth-order valence-corrected chi connectivity index (χ4v) is 3.58. The summed E-state index contributed by atoms with van der Waals surface area (Å²) >= 11 is 12.0. The number of aryl methyl sites for hydroxylation is 1. The normalized spacial score (nSPS) is 15.7. The van der Waals surface area contributed by atoms with E-state index in [9.17, 15) is 4.79 Å².